The molecule has 1 heterocycles. The summed E-state index contributed by atoms with van der Waals surface area (Å²) in [5, 5.41) is 4.12. The van der Waals surface area contributed by atoms with E-state index >= 15 is 0 Å². The fraction of sp³-hybridized carbons (Fsp3) is 0.368. The average molecular weight is 344 g/mol. The summed E-state index contributed by atoms with van der Waals surface area (Å²) in [6, 6.07) is 8.86. The molecule has 0 aliphatic carbocycles. The van der Waals surface area contributed by atoms with Crippen molar-refractivity contribution in [3.8, 4) is 11.5 Å². The van der Waals surface area contributed by atoms with Crippen LogP contribution in [0.5, 0.6) is 11.5 Å². The molecule has 1 aromatic heterocycles. The van der Waals surface area contributed by atoms with Gasteiger partial charge in [-0.2, -0.15) is 5.10 Å². The minimum absolute atomic E-state index is 0.215. The molecule has 6 nitrogen and oxygen atoms in total. The highest BCUT2D eigenvalue weighted by Crippen LogP contribution is 2.29. The second-order valence-corrected chi connectivity index (χ2v) is 5.47. The number of furan rings is 1. The van der Waals surface area contributed by atoms with Crippen molar-refractivity contribution in [3.05, 3.63) is 47.9 Å². The molecule has 1 N–H and O–H groups in total. The first-order valence-corrected chi connectivity index (χ1v) is 8.43. The van der Waals surface area contributed by atoms with Crippen LogP contribution in [0.2, 0.25) is 0 Å². The van der Waals surface area contributed by atoms with Crippen LogP contribution in [0, 0.1) is 0 Å². The largest absolute Gasteiger partial charge is 0.490 e. The molecule has 134 valence electrons. The molecule has 0 radical (unpaired) electrons. The maximum absolute atomic E-state index is 11.9. The van der Waals surface area contributed by atoms with E-state index < -0.39 is 5.91 Å². The van der Waals surface area contributed by atoms with Crippen molar-refractivity contribution >= 4 is 11.6 Å². The number of hydrogen-bond donors (Lipinski definition) is 1. The fourth-order valence-corrected chi connectivity index (χ4v) is 2.05. The van der Waals surface area contributed by atoms with Crippen LogP contribution in [-0.4, -0.2) is 24.8 Å². The predicted octanol–water partition coefficient (Wildman–Crippen LogP) is 4.01. The van der Waals surface area contributed by atoms with Crippen molar-refractivity contribution in [1.29, 1.82) is 0 Å². The second-order valence-electron chi connectivity index (χ2n) is 5.47. The van der Waals surface area contributed by atoms with Crippen LogP contribution >= 0.6 is 0 Å². The normalized spacial score (nSPS) is 11.2. The van der Waals surface area contributed by atoms with Crippen molar-refractivity contribution in [1.82, 2.24) is 5.43 Å². The van der Waals surface area contributed by atoms with Gasteiger partial charge in [-0.1, -0.05) is 13.8 Å². The van der Waals surface area contributed by atoms with E-state index in [0.29, 0.717) is 30.4 Å². The lowest BCUT2D eigenvalue weighted by molar-refractivity contribution is 0.0927. The lowest BCUT2D eigenvalue weighted by Crippen LogP contribution is -2.18. The quantitative estimate of drug-likeness (QED) is 0.551. The summed E-state index contributed by atoms with van der Waals surface area (Å²) in [6.07, 6.45) is 3.27. The molecule has 0 unspecified atom stereocenters. The minimum atomic E-state index is -0.394. The summed E-state index contributed by atoms with van der Waals surface area (Å²) in [7, 11) is 0. The van der Waals surface area contributed by atoms with Crippen molar-refractivity contribution in [2.24, 2.45) is 5.10 Å². The van der Waals surface area contributed by atoms with Gasteiger partial charge >= 0.3 is 5.91 Å². The summed E-state index contributed by atoms with van der Waals surface area (Å²) in [5.74, 6) is 1.22. The fourth-order valence-electron chi connectivity index (χ4n) is 2.05. The lowest BCUT2D eigenvalue weighted by atomic mass is 10.1. The van der Waals surface area contributed by atoms with E-state index in [9.17, 15) is 4.79 Å². The van der Waals surface area contributed by atoms with E-state index in [2.05, 4.69) is 17.5 Å². The zero-order chi connectivity index (χ0) is 18.1. The summed E-state index contributed by atoms with van der Waals surface area (Å²) in [6.45, 7) is 7.16. The molecular weight excluding hydrogens is 320 g/mol. The SMILES string of the molecule is CCCOc1ccc(/C(C)=N/NC(=O)c2ccco2)cc1OCCC. The molecule has 0 atom stereocenters. The van der Waals surface area contributed by atoms with Crippen LogP contribution in [0.1, 0.15) is 49.7 Å². The van der Waals surface area contributed by atoms with Crippen LogP contribution in [0.3, 0.4) is 0 Å². The second kappa shape index (κ2) is 9.52. The van der Waals surface area contributed by atoms with E-state index in [-0.39, 0.29) is 5.76 Å². The first-order chi connectivity index (χ1) is 12.2. The minimum Gasteiger partial charge on any atom is -0.490 e. The molecule has 0 saturated carbocycles. The molecule has 0 saturated heterocycles. The number of ether oxygens (including phenoxy) is 2. The third-order valence-corrected chi connectivity index (χ3v) is 3.35. The Bertz CT molecular complexity index is 708. The average Bonchev–Trinajstić information content (AvgIpc) is 3.17. The first-order valence-electron chi connectivity index (χ1n) is 8.43. The smallest absolute Gasteiger partial charge is 0.307 e. The number of nitrogens with zero attached hydrogens (tertiary/aromatic N) is 1. The lowest BCUT2D eigenvalue weighted by Gasteiger charge is -2.13. The van der Waals surface area contributed by atoms with E-state index in [4.69, 9.17) is 13.9 Å². The number of nitrogens with one attached hydrogen (secondary N) is 1. The molecule has 0 aliphatic heterocycles. The summed E-state index contributed by atoms with van der Waals surface area (Å²) < 4.78 is 16.5. The van der Waals surface area contributed by atoms with Crippen LogP contribution in [0.15, 0.2) is 46.1 Å². The van der Waals surface area contributed by atoms with Crippen molar-refractivity contribution in [2.45, 2.75) is 33.6 Å². The van der Waals surface area contributed by atoms with Gasteiger partial charge in [0.15, 0.2) is 17.3 Å². The monoisotopic (exact) mass is 344 g/mol. The molecule has 0 fully saturated rings. The van der Waals surface area contributed by atoms with Gasteiger partial charge in [0.05, 0.1) is 25.2 Å². The summed E-state index contributed by atoms with van der Waals surface area (Å²) in [4.78, 5) is 11.9. The standard InChI is InChI=1S/C19H24N2O4/c1-4-10-23-16-9-8-15(13-18(16)24-11-5-2)14(3)20-21-19(22)17-7-6-12-25-17/h6-9,12-13H,4-5,10-11H2,1-3H3,(H,21,22)/b20-14+. The molecular formula is C19H24N2O4. The van der Waals surface area contributed by atoms with Gasteiger partial charge in [0.1, 0.15) is 0 Å². The Morgan fingerprint density at radius 2 is 1.84 bits per heavy atom. The number of hydrogen-bond acceptors (Lipinski definition) is 5. The third-order valence-electron chi connectivity index (χ3n) is 3.35. The Hall–Kier alpha value is -2.76. The Labute approximate surface area is 147 Å². The van der Waals surface area contributed by atoms with Crippen LogP contribution in [0.4, 0.5) is 0 Å². The van der Waals surface area contributed by atoms with Crippen molar-refractivity contribution in [3.63, 3.8) is 0 Å². The number of hydrazone groups is 1. The molecule has 25 heavy (non-hydrogen) atoms. The van der Waals surface area contributed by atoms with Gasteiger partial charge in [-0.15, -0.1) is 0 Å². The zero-order valence-electron chi connectivity index (χ0n) is 14.9. The topological polar surface area (TPSA) is 73.1 Å². The highest BCUT2D eigenvalue weighted by atomic mass is 16.5. The number of amides is 1. The summed E-state index contributed by atoms with van der Waals surface area (Å²) >= 11 is 0. The van der Waals surface area contributed by atoms with E-state index in [1.807, 2.05) is 32.0 Å². The highest BCUT2D eigenvalue weighted by Gasteiger charge is 2.10. The Kier molecular flexibility index (Phi) is 7.07. The maximum Gasteiger partial charge on any atom is 0.307 e. The number of benzene rings is 1. The predicted molar refractivity (Wildman–Crippen MR) is 96.4 cm³/mol. The molecule has 1 amide bonds. The van der Waals surface area contributed by atoms with Gasteiger partial charge in [-0.05, 0) is 50.1 Å². The van der Waals surface area contributed by atoms with Gasteiger partial charge in [-0.25, -0.2) is 5.43 Å². The molecule has 2 rings (SSSR count). The van der Waals surface area contributed by atoms with Crippen molar-refractivity contribution < 1.29 is 18.7 Å². The number of carbonyl (C=O) groups excluding carboxylic acids is 1. The zero-order valence-corrected chi connectivity index (χ0v) is 14.9. The van der Waals surface area contributed by atoms with Crippen LogP contribution in [0.25, 0.3) is 0 Å². The molecule has 6 heteroatoms. The number of rotatable bonds is 9. The first kappa shape index (κ1) is 18.6. The van der Waals surface area contributed by atoms with Crippen LogP contribution < -0.4 is 14.9 Å². The summed E-state index contributed by atoms with van der Waals surface area (Å²) in [5.41, 5.74) is 3.98. The van der Waals surface area contributed by atoms with Gasteiger partial charge < -0.3 is 13.9 Å². The number of carbonyl (C=O) groups is 1. The molecule has 2 aromatic rings. The van der Waals surface area contributed by atoms with Gasteiger partial charge in [0.25, 0.3) is 0 Å². The van der Waals surface area contributed by atoms with E-state index in [0.717, 1.165) is 18.4 Å². The van der Waals surface area contributed by atoms with Crippen molar-refractivity contribution in [2.75, 3.05) is 13.2 Å². The molecule has 0 spiro atoms. The maximum atomic E-state index is 11.9. The van der Waals surface area contributed by atoms with Gasteiger partial charge in [0.2, 0.25) is 0 Å². The van der Waals surface area contributed by atoms with Gasteiger partial charge in [0, 0.05) is 5.56 Å². The molecule has 0 bridgehead atoms. The third kappa shape index (κ3) is 5.38. The van der Waals surface area contributed by atoms with E-state index in [1.165, 1.54) is 6.26 Å². The Balaban J connectivity index is 2.13. The molecule has 1 aromatic carbocycles. The Morgan fingerprint density at radius 1 is 1.12 bits per heavy atom. The van der Waals surface area contributed by atoms with Gasteiger partial charge in [-0.3, -0.25) is 4.79 Å². The van der Waals surface area contributed by atoms with Crippen LogP contribution in [-0.2, 0) is 0 Å². The highest BCUT2D eigenvalue weighted by molar-refractivity contribution is 6.00. The molecule has 0 aliphatic rings. The Morgan fingerprint density at radius 3 is 2.48 bits per heavy atom. The van der Waals surface area contributed by atoms with E-state index in [1.54, 1.807) is 12.1 Å².